The van der Waals surface area contributed by atoms with Crippen LogP contribution in [0.15, 0.2) is 24.7 Å². The molecule has 0 aliphatic carbocycles. The standard InChI is InChI=1S/C15H19N9O3/c1-11-8-12(2)23(18-11)6-3-5-16-14(25)13-4-7-21(19-13)10-22-9-17-15(20-22)24(26)27/h4,7-9H,3,5-6,10H2,1-2H3,(H,16,25). The second kappa shape index (κ2) is 7.76. The lowest BCUT2D eigenvalue weighted by molar-refractivity contribution is -0.394. The van der Waals surface area contributed by atoms with Crippen LogP contribution in [0.5, 0.6) is 0 Å². The Morgan fingerprint density at radius 3 is 2.74 bits per heavy atom. The van der Waals surface area contributed by atoms with Crippen molar-refractivity contribution >= 4 is 11.9 Å². The molecule has 0 saturated heterocycles. The Kier molecular flexibility index (Phi) is 5.24. The van der Waals surface area contributed by atoms with Gasteiger partial charge in [0.05, 0.1) is 5.69 Å². The van der Waals surface area contributed by atoms with Crippen LogP contribution in [-0.2, 0) is 13.2 Å². The summed E-state index contributed by atoms with van der Waals surface area (Å²) in [6.45, 7) is 5.28. The predicted molar refractivity (Wildman–Crippen MR) is 93.0 cm³/mol. The molecule has 142 valence electrons. The number of hydrogen-bond acceptors (Lipinski definition) is 7. The van der Waals surface area contributed by atoms with E-state index >= 15 is 0 Å². The smallest absolute Gasteiger partial charge is 0.390 e. The van der Waals surface area contributed by atoms with E-state index in [-0.39, 0.29) is 18.3 Å². The number of carbonyl (C=O) groups is 1. The van der Waals surface area contributed by atoms with Gasteiger partial charge >= 0.3 is 5.95 Å². The van der Waals surface area contributed by atoms with Gasteiger partial charge in [0.1, 0.15) is 5.69 Å². The van der Waals surface area contributed by atoms with Crippen LogP contribution in [0.3, 0.4) is 0 Å². The van der Waals surface area contributed by atoms with E-state index in [2.05, 4.69) is 25.6 Å². The maximum atomic E-state index is 12.2. The molecule has 0 aliphatic heterocycles. The molecule has 0 aliphatic rings. The van der Waals surface area contributed by atoms with Gasteiger partial charge in [-0.05, 0) is 37.3 Å². The summed E-state index contributed by atoms with van der Waals surface area (Å²) < 4.78 is 4.62. The molecule has 3 rings (SSSR count). The highest BCUT2D eigenvalue weighted by atomic mass is 16.6. The first-order valence-corrected chi connectivity index (χ1v) is 8.29. The molecule has 0 saturated carbocycles. The van der Waals surface area contributed by atoms with Gasteiger partial charge in [-0.15, -0.1) is 0 Å². The number of aromatic nitrogens is 7. The molecule has 0 unspecified atom stereocenters. The van der Waals surface area contributed by atoms with Gasteiger partial charge in [0.25, 0.3) is 5.91 Å². The van der Waals surface area contributed by atoms with Gasteiger partial charge in [-0.2, -0.15) is 14.9 Å². The van der Waals surface area contributed by atoms with Crippen LogP contribution >= 0.6 is 0 Å². The van der Waals surface area contributed by atoms with Crippen molar-refractivity contribution in [2.24, 2.45) is 0 Å². The molecule has 1 N–H and O–H groups in total. The summed E-state index contributed by atoms with van der Waals surface area (Å²) in [5.41, 5.74) is 2.32. The highest BCUT2D eigenvalue weighted by Gasteiger charge is 2.14. The second-order valence-corrected chi connectivity index (χ2v) is 5.98. The van der Waals surface area contributed by atoms with Crippen molar-refractivity contribution in [3.05, 3.63) is 51.9 Å². The Labute approximate surface area is 154 Å². The molecular weight excluding hydrogens is 354 g/mol. The Morgan fingerprint density at radius 2 is 2.07 bits per heavy atom. The van der Waals surface area contributed by atoms with E-state index in [1.807, 2.05) is 24.6 Å². The second-order valence-electron chi connectivity index (χ2n) is 5.98. The SMILES string of the molecule is Cc1cc(C)n(CCCNC(=O)c2ccn(Cn3cnc([N+](=O)[O-])n3)n2)n1. The number of aryl methyl sites for hydroxylation is 3. The maximum absolute atomic E-state index is 12.2. The number of nitrogens with zero attached hydrogens (tertiary/aromatic N) is 8. The minimum atomic E-state index is -0.676. The summed E-state index contributed by atoms with van der Waals surface area (Å²) in [4.78, 5) is 25.6. The van der Waals surface area contributed by atoms with E-state index in [0.717, 1.165) is 24.4 Å². The predicted octanol–water partition coefficient (Wildman–Crippen LogP) is 0.522. The fraction of sp³-hybridized carbons (Fsp3) is 0.400. The zero-order valence-corrected chi connectivity index (χ0v) is 14.9. The lowest BCUT2D eigenvalue weighted by Crippen LogP contribution is -2.26. The van der Waals surface area contributed by atoms with E-state index in [1.54, 1.807) is 12.3 Å². The van der Waals surface area contributed by atoms with Crippen LogP contribution in [0.25, 0.3) is 0 Å². The van der Waals surface area contributed by atoms with E-state index < -0.39 is 10.9 Å². The summed E-state index contributed by atoms with van der Waals surface area (Å²) in [7, 11) is 0. The van der Waals surface area contributed by atoms with E-state index in [4.69, 9.17) is 0 Å². The third-order valence-corrected chi connectivity index (χ3v) is 3.79. The minimum absolute atomic E-state index is 0.117. The van der Waals surface area contributed by atoms with Gasteiger partial charge in [0, 0.05) is 30.1 Å². The number of nitrogens with one attached hydrogen (secondary N) is 1. The van der Waals surface area contributed by atoms with Crippen molar-refractivity contribution in [3.63, 3.8) is 0 Å². The van der Waals surface area contributed by atoms with Gasteiger partial charge in [-0.25, -0.2) is 4.68 Å². The third kappa shape index (κ3) is 4.54. The van der Waals surface area contributed by atoms with Crippen molar-refractivity contribution in [1.29, 1.82) is 0 Å². The Bertz CT molecular complexity index is 956. The Balaban J connectivity index is 1.47. The molecule has 3 aromatic heterocycles. The molecule has 3 heterocycles. The Hall–Kier alpha value is -3.57. The quantitative estimate of drug-likeness (QED) is 0.345. The summed E-state index contributed by atoms with van der Waals surface area (Å²) in [6, 6.07) is 3.58. The zero-order valence-electron chi connectivity index (χ0n) is 14.9. The average molecular weight is 373 g/mol. The van der Waals surface area contributed by atoms with Gasteiger partial charge < -0.3 is 15.4 Å². The lowest BCUT2D eigenvalue weighted by atomic mass is 10.3. The van der Waals surface area contributed by atoms with Crippen LogP contribution in [0, 0.1) is 24.0 Å². The van der Waals surface area contributed by atoms with Crippen LogP contribution in [0.4, 0.5) is 5.95 Å². The largest absolute Gasteiger partial charge is 0.491 e. The van der Waals surface area contributed by atoms with Crippen LogP contribution < -0.4 is 5.32 Å². The molecule has 0 spiro atoms. The minimum Gasteiger partial charge on any atom is -0.390 e. The molecule has 0 fully saturated rings. The highest BCUT2D eigenvalue weighted by Crippen LogP contribution is 2.03. The molecule has 12 heteroatoms. The van der Waals surface area contributed by atoms with Gasteiger partial charge in [-0.3, -0.25) is 9.48 Å². The number of rotatable bonds is 8. The van der Waals surface area contributed by atoms with Crippen molar-refractivity contribution in [3.8, 4) is 0 Å². The van der Waals surface area contributed by atoms with Gasteiger partial charge in [-0.1, -0.05) is 4.98 Å². The first-order chi connectivity index (χ1) is 12.9. The Morgan fingerprint density at radius 1 is 1.26 bits per heavy atom. The number of hydrogen-bond donors (Lipinski definition) is 1. The molecule has 0 aromatic carbocycles. The molecule has 0 bridgehead atoms. The lowest BCUT2D eigenvalue weighted by Gasteiger charge is -2.05. The van der Waals surface area contributed by atoms with Gasteiger partial charge in [0.2, 0.25) is 6.33 Å². The van der Waals surface area contributed by atoms with Crippen LogP contribution in [-0.4, -0.2) is 51.7 Å². The summed E-state index contributed by atoms with van der Waals surface area (Å²) >= 11 is 0. The molecule has 12 nitrogen and oxygen atoms in total. The van der Waals surface area contributed by atoms with Crippen molar-refractivity contribution < 1.29 is 9.72 Å². The number of nitro groups is 1. The molecule has 0 radical (unpaired) electrons. The fourth-order valence-electron chi connectivity index (χ4n) is 2.57. The summed E-state index contributed by atoms with van der Waals surface area (Å²) in [5, 5.41) is 25.6. The van der Waals surface area contributed by atoms with Crippen LogP contribution in [0.1, 0.15) is 28.3 Å². The van der Waals surface area contributed by atoms with Crippen molar-refractivity contribution in [1.82, 2.24) is 39.6 Å². The fourth-order valence-corrected chi connectivity index (χ4v) is 2.57. The van der Waals surface area contributed by atoms with Gasteiger partial charge in [0.15, 0.2) is 6.67 Å². The monoisotopic (exact) mass is 373 g/mol. The number of carbonyl (C=O) groups excluding carboxylic acids is 1. The van der Waals surface area contributed by atoms with Crippen molar-refractivity contribution in [2.45, 2.75) is 33.5 Å². The zero-order chi connectivity index (χ0) is 19.4. The molecule has 1 amide bonds. The third-order valence-electron chi connectivity index (χ3n) is 3.79. The van der Waals surface area contributed by atoms with E-state index in [0.29, 0.717) is 6.54 Å². The average Bonchev–Trinajstić information content (AvgIpc) is 3.33. The van der Waals surface area contributed by atoms with E-state index in [9.17, 15) is 14.9 Å². The van der Waals surface area contributed by atoms with Crippen molar-refractivity contribution in [2.75, 3.05) is 6.54 Å². The van der Waals surface area contributed by atoms with E-state index in [1.165, 1.54) is 15.7 Å². The molecular formula is C15H19N9O3. The normalized spacial score (nSPS) is 10.9. The molecule has 27 heavy (non-hydrogen) atoms. The maximum Gasteiger partial charge on any atom is 0.491 e. The summed E-state index contributed by atoms with van der Waals surface area (Å²) in [5.74, 6) is -0.769. The highest BCUT2D eigenvalue weighted by molar-refractivity contribution is 5.92. The topological polar surface area (TPSA) is 139 Å². The first kappa shape index (κ1) is 18.2. The first-order valence-electron chi connectivity index (χ1n) is 8.29. The van der Waals surface area contributed by atoms with Crippen LogP contribution in [0.2, 0.25) is 0 Å². The molecule has 3 aromatic rings. The number of amides is 1. The molecule has 0 atom stereocenters. The summed E-state index contributed by atoms with van der Waals surface area (Å²) in [6.07, 6.45) is 3.58.